The zero-order chi connectivity index (χ0) is 11.7. The van der Waals surface area contributed by atoms with Gasteiger partial charge in [0.2, 0.25) is 0 Å². The first kappa shape index (κ1) is 12.6. The van der Waals surface area contributed by atoms with E-state index in [0.717, 1.165) is 0 Å². The van der Waals surface area contributed by atoms with E-state index in [4.69, 9.17) is 0 Å². The van der Waals surface area contributed by atoms with Crippen molar-refractivity contribution in [2.45, 2.75) is 33.2 Å². The van der Waals surface area contributed by atoms with E-state index >= 15 is 0 Å². The molecule has 1 N–H and O–H groups in total. The average Bonchev–Trinajstić information content (AvgIpc) is 2.00. The molecule has 1 fully saturated rings. The molecular formula is C10H19NO3S. The van der Waals surface area contributed by atoms with E-state index in [-0.39, 0.29) is 28.7 Å². The second-order valence-electron chi connectivity index (χ2n) is 5.14. The van der Waals surface area contributed by atoms with E-state index in [0.29, 0.717) is 13.0 Å². The summed E-state index contributed by atoms with van der Waals surface area (Å²) < 4.78 is 22.7. The van der Waals surface area contributed by atoms with Gasteiger partial charge in [0, 0.05) is 24.4 Å². The van der Waals surface area contributed by atoms with Gasteiger partial charge in [-0.25, -0.2) is 8.42 Å². The van der Waals surface area contributed by atoms with Crippen molar-refractivity contribution in [3.8, 4) is 0 Å². The SMILES string of the molecule is CC(C)(C)C(=O)CC1CS(=O)(=O)CCN1. The van der Waals surface area contributed by atoms with Crippen LogP contribution in [-0.2, 0) is 14.6 Å². The van der Waals surface area contributed by atoms with E-state index in [1.807, 2.05) is 20.8 Å². The maximum atomic E-state index is 11.7. The van der Waals surface area contributed by atoms with Crippen LogP contribution in [0, 0.1) is 5.41 Å². The third kappa shape index (κ3) is 3.91. The van der Waals surface area contributed by atoms with Crippen LogP contribution in [0.15, 0.2) is 0 Å². The van der Waals surface area contributed by atoms with E-state index < -0.39 is 9.84 Å². The number of sulfone groups is 1. The van der Waals surface area contributed by atoms with Gasteiger partial charge >= 0.3 is 0 Å². The van der Waals surface area contributed by atoms with Crippen LogP contribution >= 0.6 is 0 Å². The van der Waals surface area contributed by atoms with E-state index in [9.17, 15) is 13.2 Å². The van der Waals surface area contributed by atoms with Crippen molar-refractivity contribution >= 4 is 15.6 Å². The maximum absolute atomic E-state index is 11.7. The molecule has 1 heterocycles. The van der Waals surface area contributed by atoms with Crippen LogP contribution in [0.25, 0.3) is 0 Å². The lowest BCUT2D eigenvalue weighted by atomic mass is 9.87. The highest BCUT2D eigenvalue weighted by molar-refractivity contribution is 7.91. The molecule has 0 saturated carbocycles. The molecule has 1 saturated heterocycles. The summed E-state index contributed by atoms with van der Waals surface area (Å²) in [5.74, 6) is 0.388. The van der Waals surface area contributed by atoms with Crippen LogP contribution in [0.2, 0.25) is 0 Å². The molecule has 0 spiro atoms. The summed E-state index contributed by atoms with van der Waals surface area (Å²) in [5, 5.41) is 3.08. The fraction of sp³-hybridized carbons (Fsp3) is 0.900. The number of ketones is 1. The minimum absolute atomic E-state index is 0.0921. The molecule has 1 rings (SSSR count). The first-order valence-electron chi connectivity index (χ1n) is 5.18. The molecule has 1 atom stereocenters. The highest BCUT2D eigenvalue weighted by Gasteiger charge is 2.29. The molecule has 0 radical (unpaired) electrons. The average molecular weight is 233 g/mol. The molecule has 0 aromatic carbocycles. The predicted octanol–water partition coefficient (Wildman–Crippen LogP) is 0.378. The number of hydrogen-bond donors (Lipinski definition) is 1. The molecule has 0 aromatic rings. The highest BCUT2D eigenvalue weighted by Crippen LogP contribution is 2.19. The van der Waals surface area contributed by atoms with Gasteiger partial charge < -0.3 is 5.32 Å². The summed E-state index contributed by atoms with van der Waals surface area (Å²) in [6.45, 7) is 6.02. The summed E-state index contributed by atoms with van der Waals surface area (Å²) in [4.78, 5) is 11.7. The number of rotatable bonds is 2. The van der Waals surface area contributed by atoms with Crippen LogP contribution in [0.3, 0.4) is 0 Å². The smallest absolute Gasteiger partial charge is 0.153 e. The topological polar surface area (TPSA) is 63.2 Å². The standard InChI is InChI=1S/C10H19NO3S/c1-10(2,3)9(12)6-8-7-15(13,14)5-4-11-8/h8,11H,4-7H2,1-3H3. The van der Waals surface area contributed by atoms with Crippen LogP contribution in [0.5, 0.6) is 0 Å². The maximum Gasteiger partial charge on any atom is 0.153 e. The van der Waals surface area contributed by atoms with Gasteiger partial charge in [0.05, 0.1) is 11.5 Å². The molecule has 15 heavy (non-hydrogen) atoms. The third-order valence-corrected chi connectivity index (χ3v) is 4.31. The van der Waals surface area contributed by atoms with Gasteiger partial charge in [-0.05, 0) is 0 Å². The van der Waals surface area contributed by atoms with E-state index in [1.165, 1.54) is 0 Å². The van der Waals surface area contributed by atoms with Crippen molar-refractivity contribution < 1.29 is 13.2 Å². The molecule has 88 valence electrons. The van der Waals surface area contributed by atoms with Crippen LogP contribution in [0.4, 0.5) is 0 Å². The van der Waals surface area contributed by atoms with Crippen molar-refractivity contribution in [2.24, 2.45) is 5.41 Å². The molecule has 0 aliphatic carbocycles. The van der Waals surface area contributed by atoms with Crippen molar-refractivity contribution in [3.63, 3.8) is 0 Å². The molecule has 5 heteroatoms. The zero-order valence-electron chi connectivity index (χ0n) is 9.54. The number of nitrogens with one attached hydrogen (secondary N) is 1. The Kier molecular flexibility index (Phi) is 3.55. The van der Waals surface area contributed by atoms with Crippen LogP contribution in [0.1, 0.15) is 27.2 Å². The Bertz CT molecular complexity index is 340. The highest BCUT2D eigenvalue weighted by atomic mass is 32.2. The van der Waals surface area contributed by atoms with E-state index in [1.54, 1.807) is 0 Å². The Morgan fingerprint density at radius 1 is 1.40 bits per heavy atom. The molecule has 4 nitrogen and oxygen atoms in total. The number of hydrogen-bond acceptors (Lipinski definition) is 4. The molecule has 0 aromatic heterocycles. The Labute approximate surface area is 91.4 Å². The van der Waals surface area contributed by atoms with Crippen molar-refractivity contribution in [2.75, 3.05) is 18.1 Å². The van der Waals surface area contributed by atoms with Gasteiger partial charge in [-0.2, -0.15) is 0 Å². The lowest BCUT2D eigenvalue weighted by Gasteiger charge is -2.26. The van der Waals surface area contributed by atoms with Crippen LogP contribution in [-0.4, -0.2) is 38.3 Å². The molecule has 1 aliphatic heterocycles. The summed E-state index contributed by atoms with van der Waals surface area (Å²) >= 11 is 0. The Balaban J connectivity index is 2.57. The van der Waals surface area contributed by atoms with Gasteiger partial charge in [-0.1, -0.05) is 20.8 Å². The van der Waals surface area contributed by atoms with E-state index in [2.05, 4.69) is 5.32 Å². The second kappa shape index (κ2) is 4.22. The second-order valence-corrected chi connectivity index (χ2v) is 7.37. The van der Waals surface area contributed by atoms with Gasteiger partial charge in [-0.15, -0.1) is 0 Å². The van der Waals surface area contributed by atoms with Crippen molar-refractivity contribution in [1.29, 1.82) is 0 Å². The monoisotopic (exact) mass is 233 g/mol. The van der Waals surface area contributed by atoms with Gasteiger partial charge in [-0.3, -0.25) is 4.79 Å². The third-order valence-electron chi connectivity index (χ3n) is 2.57. The molecule has 0 amide bonds. The Morgan fingerprint density at radius 3 is 2.47 bits per heavy atom. The summed E-state index contributed by atoms with van der Waals surface area (Å²) in [5.41, 5.74) is -0.386. The summed E-state index contributed by atoms with van der Waals surface area (Å²) in [7, 11) is -2.94. The van der Waals surface area contributed by atoms with Crippen molar-refractivity contribution in [3.05, 3.63) is 0 Å². The lowest BCUT2D eigenvalue weighted by Crippen LogP contribution is -2.47. The quantitative estimate of drug-likeness (QED) is 0.749. The first-order valence-corrected chi connectivity index (χ1v) is 7.00. The van der Waals surface area contributed by atoms with Gasteiger partial charge in [0.15, 0.2) is 9.84 Å². The zero-order valence-corrected chi connectivity index (χ0v) is 10.4. The normalized spacial score (nSPS) is 26.2. The minimum Gasteiger partial charge on any atom is -0.312 e. The van der Waals surface area contributed by atoms with Crippen molar-refractivity contribution in [1.82, 2.24) is 5.32 Å². The Morgan fingerprint density at radius 2 is 2.00 bits per heavy atom. The Hall–Kier alpha value is -0.420. The fourth-order valence-corrected chi connectivity index (χ4v) is 2.97. The largest absolute Gasteiger partial charge is 0.312 e. The number of carbonyl (C=O) groups is 1. The summed E-state index contributed by atoms with van der Waals surface area (Å²) in [6, 6.07) is -0.199. The number of Topliss-reactive ketones (excluding diaryl/α,β-unsaturated/α-hetero) is 1. The first-order chi connectivity index (χ1) is 6.71. The van der Waals surface area contributed by atoms with Crippen LogP contribution < -0.4 is 5.32 Å². The molecule has 1 unspecified atom stereocenters. The molecular weight excluding hydrogens is 214 g/mol. The molecule has 0 bridgehead atoms. The minimum atomic E-state index is -2.94. The lowest BCUT2D eigenvalue weighted by molar-refractivity contribution is -0.126. The number of carbonyl (C=O) groups excluding carboxylic acids is 1. The molecule has 1 aliphatic rings. The fourth-order valence-electron chi connectivity index (χ4n) is 1.53. The predicted molar refractivity (Wildman–Crippen MR) is 59.5 cm³/mol. The van der Waals surface area contributed by atoms with Gasteiger partial charge in [0.25, 0.3) is 0 Å². The summed E-state index contributed by atoms with van der Waals surface area (Å²) in [6.07, 6.45) is 0.308. The van der Waals surface area contributed by atoms with Gasteiger partial charge in [0.1, 0.15) is 5.78 Å².